The summed E-state index contributed by atoms with van der Waals surface area (Å²) in [6, 6.07) is 7.52. The summed E-state index contributed by atoms with van der Waals surface area (Å²) in [6.45, 7) is 6.81. The van der Waals surface area contributed by atoms with Crippen LogP contribution in [0.3, 0.4) is 0 Å². The highest BCUT2D eigenvalue weighted by atomic mass is 16.5. The van der Waals surface area contributed by atoms with Gasteiger partial charge in [0.15, 0.2) is 0 Å². The molecule has 0 saturated carbocycles. The van der Waals surface area contributed by atoms with Gasteiger partial charge in [-0.05, 0) is 38.5 Å². The zero-order valence-electron chi connectivity index (χ0n) is 11.5. The maximum atomic E-state index is 11.1. The van der Waals surface area contributed by atoms with Gasteiger partial charge >= 0.3 is 0 Å². The molecule has 0 aromatic heterocycles. The van der Waals surface area contributed by atoms with Gasteiger partial charge in [0.05, 0.1) is 5.60 Å². The number of hydrogen-bond acceptors (Lipinski definition) is 3. The molecule has 4 heteroatoms. The van der Waals surface area contributed by atoms with E-state index in [9.17, 15) is 4.79 Å². The van der Waals surface area contributed by atoms with E-state index in [1.54, 1.807) is 13.2 Å². The van der Waals surface area contributed by atoms with Crippen molar-refractivity contribution in [3.05, 3.63) is 35.4 Å². The zero-order valence-corrected chi connectivity index (χ0v) is 11.5. The van der Waals surface area contributed by atoms with Crippen molar-refractivity contribution in [3.63, 3.8) is 0 Å². The highest BCUT2D eigenvalue weighted by molar-refractivity contribution is 5.92. The van der Waals surface area contributed by atoms with E-state index in [4.69, 9.17) is 10.5 Å². The number of ether oxygens (including phenoxy) is 1. The standard InChI is InChI=1S/C14H22N2O2/c1-10(14(2,3)18-4)16-9-11-6-5-7-12(8-11)13(15)17/h5-8,10,16H,9H2,1-4H3,(H2,15,17). The van der Waals surface area contributed by atoms with Gasteiger partial charge in [-0.2, -0.15) is 0 Å². The Morgan fingerprint density at radius 1 is 1.50 bits per heavy atom. The molecule has 100 valence electrons. The second-order valence-corrected chi connectivity index (χ2v) is 4.97. The van der Waals surface area contributed by atoms with Crippen LogP contribution >= 0.6 is 0 Å². The molecule has 0 radical (unpaired) electrons. The fourth-order valence-electron chi connectivity index (χ4n) is 1.53. The summed E-state index contributed by atoms with van der Waals surface area (Å²) in [6.07, 6.45) is 0. The van der Waals surface area contributed by atoms with Crippen LogP contribution in [0, 0.1) is 0 Å². The third kappa shape index (κ3) is 3.82. The minimum absolute atomic E-state index is 0.194. The molecule has 1 aromatic rings. The topological polar surface area (TPSA) is 64.3 Å². The maximum Gasteiger partial charge on any atom is 0.248 e. The van der Waals surface area contributed by atoms with Crippen LogP contribution in [0.25, 0.3) is 0 Å². The van der Waals surface area contributed by atoms with E-state index in [1.165, 1.54) is 0 Å². The van der Waals surface area contributed by atoms with Gasteiger partial charge < -0.3 is 15.8 Å². The molecule has 0 aliphatic carbocycles. The zero-order chi connectivity index (χ0) is 13.8. The van der Waals surface area contributed by atoms with Crippen molar-refractivity contribution < 1.29 is 9.53 Å². The highest BCUT2D eigenvalue weighted by Crippen LogP contribution is 2.14. The average molecular weight is 250 g/mol. The van der Waals surface area contributed by atoms with Crippen molar-refractivity contribution in [3.8, 4) is 0 Å². The summed E-state index contributed by atoms with van der Waals surface area (Å²) in [5, 5.41) is 3.38. The van der Waals surface area contributed by atoms with Crippen molar-refractivity contribution in [2.75, 3.05) is 7.11 Å². The monoisotopic (exact) mass is 250 g/mol. The van der Waals surface area contributed by atoms with Gasteiger partial charge in [0.1, 0.15) is 0 Å². The quantitative estimate of drug-likeness (QED) is 0.807. The molecule has 0 fully saturated rings. The Labute approximate surface area is 109 Å². The van der Waals surface area contributed by atoms with Gasteiger partial charge in [-0.25, -0.2) is 0 Å². The molecular weight excluding hydrogens is 228 g/mol. The maximum absolute atomic E-state index is 11.1. The average Bonchev–Trinajstić information content (AvgIpc) is 2.36. The normalized spacial score (nSPS) is 13.3. The van der Waals surface area contributed by atoms with E-state index in [-0.39, 0.29) is 11.6 Å². The molecule has 1 rings (SSSR count). The molecule has 1 atom stereocenters. The number of hydrogen-bond donors (Lipinski definition) is 2. The molecule has 3 N–H and O–H groups in total. The molecule has 1 unspecified atom stereocenters. The van der Waals surface area contributed by atoms with Crippen molar-refractivity contribution in [1.29, 1.82) is 0 Å². The molecule has 0 aliphatic heterocycles. The summed E-state index contributed by atoms with van der Waals surface area (Å²) < 4.78 is 5.41. The number of nitrogens with one attached hydrogen (secondary N) is 1. The number of primary amides is 1. The molecule has 0 aliphatic rings. The molecular formula is C14H22N2O2. The molecule has 4 nitrogen and oxygen atoms in total. The fourth-order valence-corrected chi connectivity index (χ4v) is 1.53. The van der Waals surface area contributed by atoms with Crippen LogP contribution < -0.4 is 11.1 Å². The van der Waals surface area contributed by atoms with Crippen LogP contribution in [0.2, 0.25) is 0 Å². The third-order valence-corrected chi connectivity index (χ3v) is 3.39. The lowest BCUT2D eigenvalue weighted by Gasteiger charge is -2.31. The SMILES string of the molecule is COC(C)(C)C(C)NCc1cccc(C(N)=O)c1. The summed E-state index contributed by atoms with van der Waals surface area (Å²) in [7, 11) is 1.70. The summed E-state index contributed by atoms with van der Waals surface area (Å²) in [5.41, 5.74) is 6.58. The molecule has 1 aromatic carbocycles. The minimum Gasteiger partial charge on any atom is -0.377 e. The summed E-state index contributed by atoms with van der Waals surface area (Å²) in [5.74, 6) is -0.401. The van der Waals surface area contributed by atoms with E-state index in [0.717, 1.165) is 5.56 Å². The van der Waals surface area contributed by atoms with Gasteiger partial charge in [-0.3, -0.25) is 4.79 Å². The number of methoxy groups -OCH3 is 1. The van der Waals surface area contributed by atoms with Gasteiger partial charge in [0.2, 0.25) is 5.91 Å². The van der Waals surface area contributed by atoms with Crippen LogP contribution in [0.15, 0.2) is 24.3 Å². The third-order valence-electron chi connectivity index (χ3n) is 3.39. The van der Waals surface area contributed by atoms with Crippen LogP contribution in [-0.2, 0) is 11.3 Å². The predicted molar refractivity (Wildman–Crippen MR) is 72.3 cm³/mol. The molecule has 1 amide bonds. The first-order valence-corrected chi connectivity index (χ1v) is 6.04. The number of nitrogens with two attached hydrogens (primary N) is 1. The van der Waals surface area contributed by atoms with Gasteiger partial charge in [-0.15, -0.1) is 0 Å². The minimum atomic E-state index is -0.401. The van der Waals surface area contributed by atoms with Crippen molar-refractivity contribution >= 4 is 5.91 Å². The first kappa shape index (κ1) is 14.7. The van der Waals surface area contributed by atoms with Gasteiger partial charge in [0.25, 0.3) is 0 Å². The van der Waals surface area contributed by atoms with E-state index < -0.39 is 5.91 Å². The van der Waals surface area contributed by atoms with E-state index in [1.807, 2.05) is 32.0 Å². The largest absolute Gasteiger partial charge is 0.377 e. The highest BCUT2D eigenvalue weighted by Gasteiger charge is 2.24. The van der Waals surface area contributed by atoms with Crippen LogP contribution in [-0.4, -0.2) is 24.7 Å². The number of benzene rings is 1. The molecule has 0 saturated heterocycles. The van der Waals surface area contributed by atoms with E-state index >= 15 is 0 Å². The van der Waals surface area contributed by atoms with Gasteiger partial charge in [0, 0.05) is 25.3 Å². The molecule has 0 spiro atoms. The molecule has 18 heavy (non-hydrogen) atoms. The first-order chi connectivity index (χ1) is 8.36. The number of amides is 1. The Morgan fingerprint density at radius 2 is 2.17 bits per heavy atom. The van der Waals surface area contributed by atoms with E-state index in [0.29, 0.717) is 12.1 Å². The van der Waals surface area contributed by atoms with Crippen LogP contribution in [0.4, 0.5) is 0 Å². The summed E-state index contributed by atoms with van der Waals surface area (Å²) >= 11 is 0. The smallest absolute Gasteiger partial charge is 0.248 e. The lowest BCUT2D eigenvalue weighted by molar-refractivity contribution is -0.00544. The predicted octanol–water partition coefficient (Wildman–Crippen LogP) is 1.69. The van der Waals surface area contributed by atoms with E-state index in [2.05, 4.69) is 12.2 Å². The Hall–Kier alpha value is -1.39. The van der Waals surface area contributed by atoms with Gasteiger partial charge in [-0.1, -0.05) is 12.1 Å². The fraction of sp³-hybridized carbons (Fsp3) is 0.500. The van der Waals surface area contributed by atoms with Crippen LogP contribution in [0.5, 0.6) is 0 Å². The number of carbonyl (C=O) groups excluding carboxylic acids is 1. The Kier molecular flexibility index (Phi) is 4.87. The molecule has 0 bridgehead atoms. The lowest BCUT2D eigenvalue weighted by atomic mass is 10.00. The number of carbonyl (C=O) groups is 1. The lowest BCUT2D eigenvalue weighted by Crippen LogP contribution is -2.45. The van der Waals surface area contributed by atoms with Crippen molar-refractivity contribution in [2.45, 2.75) is 39.0 Å². The second kappa shape index (κ2) is 5.98. The van der Waals surface area contributed by atoms with Crippen molar-refractivity contribution in [1.82, 2.24) is 5.32 Å². The number of rotatable bonds is 6. The van der Waals surface area contributed by atoms with Crippen molar-refractivity contribution in [2.24, 2.45) is 5.73 Å². The first-order valence-electron chi connectivity index (χ1n) is 6.04. The Morgan fingerprint density at radius 3 is 2.72 bits per heavy atom. The summed E-state index contributed by atoms with van der Waals surface area (Å²) in [4.78, 5) is 11.1. The second-order valence-electron chi connectivity index (χ2n) is 4.97. The molecule has 0 heterocycles. The Bertz CT molecular complexity index is 416. The Balaban J connectivity index is 2.64. The van der Waals surface area contributed by atoms with Crippen LogP contribution in [0.1, 0.15) is 36.7 Å².